The monoisotopic (exact) mass is 210 g/mol. The quantitative estimate of drug-likeness (QED) is 0.409. The van der Waals surface area contributed by atoms with Crippen molar-refractivity contribution < 1.29 is 9.66 Å². The second kappa shape index (κ2) is 6.08. The maximum atomic E-state index is 10.7. The van der Waals surface area contributed by atoms with Gasteiger partial charge in [0.15, 0.2) is 0 Å². The zero-order valence-electron chi connectivity index (χ0n) is 8.68. The van der Waals surface area contributed by atoms with Crippen LogP contribution >= 0.6 is 0 Å². The lowest BCUT2D eigenvalue weighted by molar-refractivity contribution is -0.385. The minimum atomic E-state index is -0.390. The first-order chi connectivity index (χ1) is 7.25. The van der Waals surface area contributed by atoms with Gasteiger partial charge in [0, 0.05) is 25.5 Å². The first-order valence-electron chi connectivity index (χ1n) is 4.82. The molecule has 0 aliphatic rings. The van der Waals surface area contributed by atoms with Crippen LogP contribution in [-0.2, 0) is 11.2 Å². The van der Waals surface area contributed by atoms with Gasteiger partial charge in [0.25, 0.3) is 5.69 Å². The summed E-state index contributed by atoms with van der Waals surface area (Å²) < 4.78 is 4.91. The molecule has 0 spiro atoms. The molecule has 1 aromatic heterocycles. The molecule has 1 aromatic rings. The molecule has 0 bridgehead atoms. The zero-order valence-corrected chi connectivity index (χ0v) is 8.68. The summed E-state index contributed by atoms with van der Waals surface area (Å²) in [5, 5.41) is 10.7. The predicted molar refractivity (Wildman–Crippen MR) is 55.7 cm³/mol. The Kier molecular flexibility index (Phi) is 4.70. The molecule has 0 radical (unpaired) electrons. The molecule has 0 atom stereocenters. The number of pyridine rings is 1. The van der Waals surface area contributed by atoms with Crippen LogP contribution in [0.25, 0.3) is 0 Å². The van der Waals surface area contributed by atoms with Gasteiger partial charge in [-0.05, 0) is 25.3 Å². The molecule has 0 fully saturated rings. The van der Waals surface area contributed by atoms with Crippen molar-refractivity contribution >= 4 is 5.69 Å². The summed E-state index contributed by atoms with van der Waals surface area (Å²) in [5.41, 5.74) is 0.848. The van der Waals surface area contributed by atoms with Crippen molar-refractivity contribution in [3.8, 4) is 0 Å². The molecule has 1 heterocycles. The SMILES string of the molecule is COCCCCc1ccncc1[N+](=O)[O-]. The van der Waals surface area contributed by atoms with Crippen LogP contribution in [0.5, 0.6) is 0 Å². The van der Waals surface area contributed by atoms with E-state index in [2.05, 4.69) is 4.98 Å². The van der Waals surface area contributed by atoms with Gasteiger partial charge in [-0.1, -0.05) is 0 Å². The van der Waals surface area contributed by atoms with Crippen LogP contribution in [0.1, 0.15) is 18.4 Å². The Hall–Kier alpha value is -1.49. The molecule has 5 nitrogen and oxygen atoms in total. The summed E-state index contributed by atoms with van der Waals surface area (Å²) in [6, 6.07) is 1.70. The van der Waals surface area contributed by atoms with E-state index in [1.165, 1.54) is 6.20 Å². The van der Waals surface area contributed by atoms with E-state index in [0.717, 1.165) is 18.4 Å². The van der Waals surface area contributed by atoms with Crippen LogP contribution in [0.3, 0.4) is 0 Å². The number of nitro groups is 1. The fourth-order valence-corrected chi connectivity index (χ4v) is 1.35. The number of aromatic nitrogens is 1. The lowest BCUT2D eigenvalue weighted by Crippen LogP contribution is -1.97. The van der Waals surface area contributed by atoms with E-state index in [4.69, 9.17) is 4.74 Å². The van der Waals surface area contributed by atoms with E-state index in [0.29, 0.717) is 13.0 Å². The lowest BCUT2D eigenvalue weighted by atomic mass is 10.1. The Morgan fingerprint density at radius 1 is 1.53 bits per heavy atom. The fourth-order valence-electron chi connectivity index (χ4n) is 1.35. The van der Waals surface area contributed by atoms with Gasteiger partial charge in [0.2, 0.25) is 0 Å². The van der Waals surface area contributed by atoms with Gasteiger partial charge in [-0.25, -0.2) is 0 Å². The number of hydrogen-bond acceptors (Lipinski definition) is 4. The van der Waals surface area contributed by atoms with Gasteiger partial charge in [0.1, 0.15) is 6.20 Å². The molecular weight excluding hydrogens is 196 g/mol. The molecule has 0 aromatic carbocycles. The highest BCUT2D eigenvalue weighted by atomic mass is 16.6. The summed E-state index contributed by atoms with van der Waals surface area (Å²) in [6.45, 7) is 0.693. The normalized spacial score (nSPS) is 10.2. The largest absolute Gasteiger partial charge is 0.385 e. The topological polar surface area (TPSA) is 65.3 Å². The minimum absolute atomic E-state index is 0.106. The second-order valence-electron chi connectivity index (χ2n) is 3.21. The number of unbranched alkanes of at least 4 members (excludes halogenated alkanes) is 1. The van der Waals surface area contributed by atoms with Gasteiger partial charge < -0.3 is 4.74 Å². The number of hydrogen-bond donors (Lipinski definition) is 0. The summed E-state index contributed by atoms with van der Waals surface area (Å²) in [6.07, 6.45) is 5.38. The van der Waals surface area contributed by atoms with Gasteiger partial charge in [-0.3, -0.25) is 15.1 Å². The molecule has 1 rings (SSSR count). The van der Waals surface area contributed by atoms with Crippen molar-refractivity contribution in [3.05, 3.63) is 34.1 Å². The number of aryl methyl sites for hydroxylation is 1. The first-order valence-corrected chi connectivity index (χ1v) is 4.82. The molecule has 5 heteroatoms. The van der Waals surface area contributed by atoms with Crippen molar-refractivity contribution in [3.63, 3.8) is 0 Å². The highest BCUT2D eigenvalue weighted by Gasteiger charge is 2.11. The molecule has 82 valence electrons. The average molecular weight is 210 g/mol. The third kappa shape index (κ3) is 3.63. The van der Waals surface area contributed by atoms with Crippen molar-refractivity contribution in [1.29, 1.82) is 0 Å². The summed E-state index contributed by atoms with van der Waals surface area (Å²) in [4.78, 5) is 14.0. The van der Waals surface area contributed by atoms with Crippen molar-refractivity contribution in [2.45, 2.75) is 19.3 Å². The Bertz CT molecular complexity index is 328. The standard InChI is InChI=1S/C10H14N2O3/c1-15-7-3-2-4-9-5-6-11-8-10(9)12(13)14/h5-6,8H,2-4,7H2,1H3. The van der Waals surface area contributed by atoms with Gasteiger partial charge in [-0.15, -0.1) is 0 Å². The summed E-state index contributed by atoms with van der Waals surface area (Å²) >= 11 is 0. The molecule has 0 unspecified atom stereocenters. The Labute approximate surface area is 88.2 Å². The molecule has 0 saturated heterocycles. The van der Waals surface area contributed by atoms with E-state index in [9.17, 15) is 10.1 Å². The van der Waals surface area contributed by atoms with Crippen molar-refractivity contribution in [2.75, 3.05) is 13.7 Å². The molecule has 0 N–H and O–H groups in total. The smallest absolute Gasteiger partial charge is 0.290 e. The zero-order chi connectivity index (χ0) is 11.1. The third-order valence-electron chi connectivity index (χ3n) is 2.13. The molecule has 15 heavy (non-hydrogen) atoms. The number of rotatable bonds is 6. The van der Waals surface area contributed by atoms with Crippen molar-refractivity contribution in [2.24, 2.45) is 0 Å². The van der Waals surface area contributed by atoms with Crippen LogP contribution in [0.4, 0.5) is 5.69 Å². The summed E-state index contributed by atoms with van der Waals surface area (Å²) in [7, 11) is 1.65. The fraction of sp³-hybridized carbons (Fsp3) is 0.500. The maximum Gasteiger partial charge on any atom is 0.290 e. The summed E-state index contributed by atoms with van der Waals surface area (Å²) in [5.74, 6) is 0. The molecule has 0 aliphatic heterocycles. The van der Waals surface area contributed by atoms with Crippen molar-refractivity contribution in [1.82, 2.24) is 4.98 Å². The van der Waals surface area contributed by atoms with Crippen LogP contribution in [0, 0.1) is 10.1 Å². The number of nitrogens with zero attached hydrogens (tertiary/aromatic N) is 2. The third-order valence-corrected chi connectivity index (χ3v) is 2.13. The number of ether oxygens (including phenoxy) is 1. The van der Waals surface area contributed by atoms with E-state index in [1.807, 2.05) is 0 Å². The number of methoxy groups -OCH3 is 1. The van der Waals surface area contributed by atoms with Crippen LogP contribution < -0.4 is 0 Å². The van der Waals surface area contributed by atoms with E-state index in [-0.39, 0.29) is 5.69 Å². The van der Waals surface area contributed by atoms with Gasteiger partial charge in [0.05, 0.1) is 4.92 Å². The minimum Gasteiger partial charge on any atom is -0.385 e. The molecule has 0 aliphatic carbocycles. The highest BCUT2D eigenvalue weighted by Crippen LogP contribution is 2.18. The Balaban J connectivity index is 2.56. The van der Waals surface area contributed by atoms with Crippen LogP contribution in [0.2, 0.25) is 0 Å². The van der Waals surface area contributed by atoms with Gasteiger partial charge >= 0.3 is 0 Å². The van der Waals surface area contributed by atoms with E-state index < -0.39 is 4.92 Å². The maximum absolute atomic E-state index is 10.7. The van der Waals surface area contributed by atoms with Gasteiger partial charge in [-0.2, -0.15) is 0 Å². The molecule has 0 saturated carbocycles. The first kappa shape index (κ1) is 11.6. The van der Waals surface area contributed by atoms with E-state index in [1.54, 1.807) is 19.4 Å². The van der Waals surface area contributed by atoms with Crippen LogP contribution in [-0.4, -0.2) is 23.6 Å². The average Bonchev–Trinajstić information content (AvgIpc) is 2.25. The second-order valence-corrected chi connectivity index (χ2v) is 3.21. The molecule has 0 amide bonds. The lowest BCUT2D eigenvalue weighted by Gasteiger charge is -2.01. The molecular formula is C10H14N2O3. The Morgan fingerprint density at radius 3 is 3.00 bits per heavy atom. The van der Waals surface area contributed by atoms with E-state index >= 15 is 0 Å². The Morgan fingerprint density at radius 2 is 2.33 bits per heavy atom. The van der Waals surface area contributed by atoms with Crippen LogP contribution in [0.15, 0.2) is 18.5 Å². The predicted octanol–water partition coefficient (Wildman–Crippen LogP) is 1.96. The highest BCUT2D eigenvalue weighted by molar-refractivity contribution is 5.36.